The van der Waals surface area contributed by atoms with Crippen LogP contribution in [0, 0.1) is 11.3 Å². The van der Waals surface area contributed by atoms with Crippen LogP contribution >= 0.6 is 15.9 Å². The van der Waals surface area contributed by atoms with Gasteiger partial charge in [-0.1, -0.05) is 49.7 Å². The summed E-state index contributed by atoms with van der Waals surface area (Å²) in [5.41, 5.74) is 3.20. The molecule has 1 N–H and O–H groups in total. The van der Waals surface area contributed by atoms with E-state index in [4.69, 9.17) is 0 Å². The Kier molecular flexibility index (Phi) is 5.73. The lowest BCUT2D eigenvalue weighted by Gasteiger charge is -2.38. The van der Waals surface area contributed by atoms with Gasteiger partial charge in [0.2, 0.25) is 0 Å². The van der Waals surface area contributed by atoms with Gasteiger partial charge in [0.05, 0.1) is 0 Å². The topological polar surface area (TPSA) is 15.3 Å². The highest BCUT2D eigenvalue weighted by atomic mass is 79.9. The number of hydrogen-bond donors (Lipinski definition) is 1. The van der Waals surface area contributed by atoms with Crippen LogP contribution in [0.2, 0.25) is 0 Å². The van der Waals surface area contributed by atoms with Crippen LogP contribution in [0.15, 0.2) is 22.7 Å². The van der Waals surface area contributed by atoms with E-state index >= 15 is 0 Å². The summed E-state index contributed by atoms with van der Waals surface area (Å²) in [4.78, 5) is 2.52. The molecular formula is C18H29BrN2. The first-order valence-corrected chi connectivity index (χ1v) is 8.91. The second-order valence-electron chi connectivity index (χ2n) is 7.45. The summed E-state index contributed by atoms with van der Waals surface area (Å²) in [5, 5.41) is 3.51. The van der Waals surface area contributed by atoms with Crippen molar-refractivity contribution in [2.24, 2.45) is 11.3 Å². The lowest BCUT2D eigenvalue weighted by molar-refractivity contribution is 0.280. The monoisotopic (exact) mass is 352 g/mol. The average molecular weight is 353 g/mol. The molecule has 1 aromatic rings. The predicted molar refractivity (Wildman–Crippen MR) is 95.9 cm³/mol. The first-order valence-electron chi connectivity index (χ1n) is 8.11. The van der Waals surface area contributed by atoms with Crippen molar-refractivity contribution in [3.05, 3.63) is 28.2 Å². The highest BCUT2D eigenvalue weighted by molar-refractivity contribution is 9.10. The number of rotatable bonds is 5. The second-order valence-corrected chi connectivity index (χ2v) is 8.31. The molecule has 0 bridgehead atoms. The second kappa shape index (κ2) is 7.15. The molecule has 1 fully saturated rings. The van der Waals surface area contributed by atoms with Crippen LogP contribution in [-0.2, 0) is 6.54 Å². The Hall–Kier alpha value is -0.540. The summed E-state index contributed by atoms with van der Waals surface area (Å²) in [5.74, 6) is 0.694. The quantitative estimate of drug-likeness (QED) is 0.816. The Morgan fingerprint density at radius 2 is 1.90 bits per heavy atom. The number of anilines is 1. The van der Waals surface area contributed by atoms with Crippen molar-refractivity contribution < 1.29 is 0 Å². The highest BCUT2D eigenvalue weighted by Crippen LogP contribution is 2.33. The molecule has 0 unspecified atom stereocenters. The van der Waals surface area contributed by atoms with E-state index < -0.39 is 0 Å². The minimum absolute atomic E-state index is 0.508. The van der Waals surface area contributed by atoms with Crippen LogP contribution in [0.25, 0.3) is 0 Å². The largest absolute Gasteiger partial charge is 0.371 e. The summed E-state index contributed by atoms with van der Waals surface area (Å²) in [6, 6.07) is 6.81. The standard InChI is InChI=1S/C18H29BrN2/c1-14(2)12-20-13-15-5-6-16(11-17(15)19)21-9-7-18(3,4)8-10-21/h5-6,11,14,20H,7-10,12-13H2,1-4H3. The number of hydrogen-bond acceptors (Lipinski definition) is 2. The third-order valence-corrected chi connectivity index (χ3v) is 5.13. The van der Waals surface area contributed by atoms with Crippen molar-refractivity contribution in [1.82, 2.24) is 5.32 Å². The molecule has 3 heteroatoms. The summed E-state index contributed by atoms with van der Waals surface area (Å²) in [6.07, 6.45) is 2.56. The van der Waals surface area contributed by atoms with Crippen molar-refractivity contribution in [2.75, 3.05) is 24.5 Å². The van der Waals surface area contributed by atoms with Gasteiger partial charge in [0.15, 0.2) is 0 Å². The van der Waals surface area contributed by atoms with E-state index in [-0.39, 0.29) is 0 Å². The van der Waals surface area contributed by atoms with Crippen molar-refractivity contribution in [1.29, 1.82) is 0 Å². The van der Waals surface area contributed by atoms with Crippen LogP contribution in [0.1, 0.15) is 46.1 Å². The molecule has 1 aliphatic rings. The molecule has 1 saturated heterocycles. The van der Waals surface area contributed by atoms with E-state index in [2.05, 4.69) is 72.0 Å². The predicted octanol–water partition coefficient (Wildman–Crippen LogP) is 4.82. The zero-order valence-electron chi connectivity index (χ0n) is 13.9. The van der Waals surface area contributed by atoms with Crippen LogP contribution in [-0.4, -0.2) is 19.6 Å². The highest BCUT2D eigenvalue weighted by Gasteiger charge is 2.25. The third-order valence-electron chi connectivity index (χ3n) is 4.39. The molecule has 0 aromatic heterocycles. The van der Waals surface area contributed by atoms with Crippen LogP contribution in [0.4, 0.5) is 5.69 Å². The van der Waals surface area contributed by atoms with Gasteiger partial charge in [-0.15, -0.1) is 0 Å². The maximum Gasteiger partial charge on any atom is 0.0377 e. The fraction of sp³-hybridized carbons (Fsp3) is 0.667. The maximum atomic E-state index is 3.74. The van der Waals surface area contributed by atoms with Crippen molar-refractivity contribution in [2.45, 2.75) is 47.1 Å². The molecule has 0 radical (unpaired) electrons. The van der Waals surface area contributed by atoms with Gasteiger partial charge in [-0.05, 0) is 48.4 Å². The molecule has 118 valence electrons. The van der Waals surface area contributed by atoms with E-state index in [9.17, 15) is 0 Å². The van der Waals surface area contributed by atoms with Gasteiger partial charge in [-0.3, -0.25) is 0 Å². The number of nitrogens with one attached hydrogen (secondary N) is 1. The van der Waals surface area contributed by atoms with Gasteiger partial charge >= 0.3 is 0 Å². The fourth-order valence-electron chi connectivity index (χ4n) is 2.74. The van der Waals surface area contributed by atoms with Crippen molar-refractivity contribution in [3.63, 3.8) is 0 Å². The van der Waals surface area contributed by atoms with Gasteiger partial charge < -0.3 is 10.2 Å². The number of benzene rings is 1. The van der Waals surface area contributed by atoms with Crippen LogP contribution in [0.5, 0.6) is 0 Å². The summed E-state index contributed by atoms with van der Waals surface area (Å²) < 4.78 is 1.22. The first kappa shape index (κ1) is 16.8. The minimum Gasteiger partial charge on any atom is -0.371 e. The first-order chi connectivity index (χ1) is 9.87. The Balaban J connectivity index is 1.96. The molecule has 2 nitrogen and oxygen atoms in total. The molecule has 2 rings (SSSR count). The SMILES string of the molecule is CC(C)CNCc1ccc(N2CCC(C)(C)CC2)cc1Br. The zero-order valence-corrected chi connectivity index (χ0v) is 15.5. The number of nitrogens with zero attached hydrogens (tertiary/aromatic N) is 1. The van der Waals surface area contributed by atoms with Crippen molar-refractivity contribution >= 4 is 21.6 Å². The zero-order chi connectivity index (χ0) is 15.5. The number of piperidine rings is 1. The van der Waals surface area contributed by atoms with Crippen LogP contribution < -0.4 is 10.2 Å². The average Bonchev–Trinajstić information content (AvgIpc) is 2.40. The molecule has 0 spiro atoms. The Labute approximate surface area is 138 Å². The number of halogens is 1. The molecule has 0 aliphatic carbocycles. The molecule has 0 amide bonds. The van der Waals surface area contributed by atoms with Gasteiger partial charge in [-0.25, -0.2) is 0 Å². The third kappa shape index (κ3) is 5.00. The van der Waals surface area contributed by atoms with Gasteiger partial charge in [-0.2, -0.15) is 0 Å². The van der Waals surface area contributed by atoms with E-state index in [0.717, 1.165) is 13.1 Å². The summed E-state index contributed by atoms with van der Waals surface area (Å²) in [7, 11) is 0. The van der Waals surface area contributed by atoms with E-state index in [1.54, 1.807) is 0 Å². The molecule has 1 aliphatic heterocycles. The smallest absolute Gasteiger partial charge is 0.0377 e. The molecular weight excluding hydrogens is 324 g/mol. The molecule has 21 heavy (non-hydrogen) atoms. The van der Waals surface area contributed by atoms with E-state index in [0.29, 0.717) is 11.3 Å². The van der Waals surface area contributed by atoms with Gasteiger partial charge in [0.25, 0.3) is 0 Å². The fourth-order valence-corrected chi connectivity index (χ4v) is 3.25. The summed E-state index contributed by atoms with van der Waals surface area (Å²) >= 11 is 3.74. The Morgan fingerprint density at radius 3 is 2.48 bits per heavy atom. The normalized spacial score (nSPS) is 18.3. The Morgan fingerprint density at radius 1 is 1.24 bits per heavy atom. The van der Waals surface area contributed by atoms with E-state index in [1.165, 1.54) is 41.7 Å². The molecule has 0 atom stereocenters. The van der Waals surface area contributed by atoms with Crippen LogP contribution in [0.3, 0.4) is 0 Å². The molecule has 1 heterocycles. The lowest BCUT2D eigenvalue weighted by atomic mass is 9.82. The lowest BCUT2D eigenvalue weighted by Crippen LogP contribution is -2.37. The van der Waals surface area contributed by atoms with Gasteiger partial charge in [0, 0.05) is 29.8 Å². The van der Waals surface area contributed by atoms with E-state index in [1.807, 2.05) is 0 Å². The van der Waals surface area contributed by atoms with Gasteiger partial charge in [0.1, 0.15) is 0 Å². The minimum atomic E-state index is 0.508. The van der Waals surface area contributed by atoms with Crippen molar-refractivity contribution in [3.8, 4) is 0 Å². The maximum absolute atomic E-state index is 3.74. The Bertz CT molecular complexity index is 458. The molecule has 0 saturated carbocycles. The summed E-state index contributed by atoms with van der Waals surface area (Å²) in [6.45, 7) is 13.6. The molecule has 1 aromatic carbocycles.